The topological polar surface area (TPSA) is 114 Å². The fourth-order valence-electron chi connectivity index (χ4n) is 4.20. The van der Waals surface area contributed by atoms with Crippen molar-refractivity contribution in [1.29, 1.82) is 5.26 Å². The molecular formula is C24H27N5O3S. The molecule has 3 heterocycles. The number of nitrogens with one attached hydrogen (secondary N) is 2. The molecule has 1 aliphatic heterocycles. The first kappa shape index (κ1) is 23.0. The number of nitriles is 1. The van der Waals surface area contributed by atoms with Crippen LogP contribution in [0.5, 0.6) is 0 Å². The molecule has 3 N–H and O–H groups in total. The van der Waals surface area contributed by atoms with Gasteiger partial charge in [-0.1, -0.05) is 13.0 Å². The SMILES string of the molecule is CC1CCN(C(=O)C(CCn2cccc2C#N)NSc2cccc3[nH]cc(C(=O)O)c23)CC1. The van der Waals surface area contributed by atoms with E-state index in [1.54, 1.807) is 6.07 Å². The van der Waals surface area contributed by atoms with Crippen LogP contribution in [-0.4, -0.2) is 50.6 Å². The third-order valence-electron chi connectivity index (χ3n) is 6.21. The molecule has 2 aromatic heterocycles. The highest BCUT2D eigenvalue weighted by Crippen LogP contribution is 2.30. The van der Waals surface area contributed by atoms with Crippen molar-refractivity contribution < 1.29 is 14.7 Å². The van der Waals surface area contributed by atoms with E-state index in [4.69, 9.17) is 0 Å². The minimum Gasteiger partial charge on any atom is -0.478 e. The van der Waals surface area contributed by atoms with E-state index in [0.717, 1.165) is 36.3 Å². The van der Waals surface area contributed by atoms with Crippen molar-refractivity contribution in [3.8, 4) is 6.07 Å². The van der Waals surface area contributed by atoms with Crippen molar-refractivity contribution in [3.63, 3.8) is 0 Å². The van der Waals surface area contributed by atoms with Gasteiger partial charge >= 0.3 is 5.97 Å². The van der Waals surface area contributed by atoms with Crippen LogP contribution in [0.4, 0.5) is 0 Å². The molecule has 172 valence electrons. The number of hydrogen-bond donors (Lipinski definition) is 3. The summed E-state index contributed by atoms with van der Waals surface area (Å²) in [4.78, 5) is 30.7. The number of carbonyl (C=O) groups excluding carboxylic acids is 1. The minimum atomic E-state index is -0.999. The van der Waals surface area contributed by atoms with Gasteiger partial charge in [0.25, 0.3) is 0 Å². The van der Waals surface area contributed by atoms with Crippen LogP contribution in [-0.2, 0) is 11.3 Å². The molecule has 0 radical (unpaired) electrons. The molecule has 8 nitrogen and oxygen atoms in total. The normalized spacial score (nSPS) is 15.5. The van der Waals surface area contributed by atoms with Crippen molar-refractivity contribution in [2.24, 2.45) is 5.92 Å². The van der Waals surface area contributed by atoms with Crippen LogP contribution in [0.3, 0.4) is 0 Å². The van der Waals surface area contributed by atoms with Gasteiger partial charge in [-0.05, 0) is 61.4 Å². The fourth-order valence-corrected chi connectivity index (χ4v) is 5.16. The number of aryl methyl sites for hydroxylation is 1. The van der Waals surface area contributed by atoms with E-state index >= 15 is 0 Å². The molecule has 0 bridgehead atoms. The minimum absolute atomic E-state index is 0.0414. The highest BCUT2D eigenvalue weighted by atomic mass is 32.2. The second-order valence-corrected chi connectivity index (χ2v) is 9.33. The summed E-state index contributed by atoms with van der Waals surface area (Å²) in [6.07, 6.45) is 5.83. The van der Waals surface area contributed by atoms with Gasteiger partial charge in [-0.3, -0.25) is 4.79 Å². The number of carbonyl (C=O) groups is 2. The van der Waals surface area contributed by atoms with Crippen molar-refractivity contribution in [3.05, 3.63) is 54.0 Å². The van der Waals surface area contributed by atoms with E-state index in [9.17, 15) is 20.0 Å². The number of aromatic carboxylic acids is 1. The first-order valence-corrected chi connectivity index (χ1v) is 11.9. The lowest BCUT2D eigenvalue weighted by Crippen LogP contribution is -2.47. The predicted octanol–water partition coefficient (Wildman–Crippen LogP) is 3.85. The molecule has 1 fully saturated rings. The summed E-state index contributed by atoms with van der Waals surface area (Å²) in [5, 5.41) is 19.5. The second-order valence-electron chi connectivity index (χ2n) is 8.45. The molecule has 1 amide bonds. The van der Waals surface area contributed by atoms with Gasteiger partial charge < -0.3 is 19.6 Å². The zero-order chi connectivity index (χ0) is 23.4. The molecular weight excluding hydrogens is 438 g/mol. The lowest BCUT2D eigenvalue weighted by Gasteiger charge is -2.33. The zero-order valence-electron chi connectivity index (χ0n) is 18.5. The number of H-pyrrole nitrogens is 1. The Kier molecular flexibility index (Phi) is 7.06. The number of amides is 1. The fraction of sp³-hybridized carbons (Fsp3) is 0.375. The predicted molar refractivity (Wildman–Crippen MR) is 127 cm³/mol. The van der Waals surface area contributed by atoms with E-state index in [1.807, 2.05) is 39.9 Å². The number of carboxylic acids is 1. The van der Waals surface area contributed by atoms with Gasteiger partial charge in [0.15, 0.2) is 0 Å². The average Bonchev–Trinajstić information content (AvgIpc) is 3.46. The summed E-state index contributed by atoms with van der Waals surface area (Å²) in [5.41, 5.74) is 1.50. The molecule has 0 saturated carbocycles. The number of carboxylic acid groups (broad SMARTS) is 1. The Morgan fingerprint density at radius 1 is 1.30 bits per heavy atom. The summed E-state index contributed by atoms with van der Waals surface area (Å²) in [7, 11) is 0. The van der Waals surface area contributed by atoms with Crippen LogP contribution in [0.2, 0.25) is 0 Å². The smallest absolute Gasteiger partial charge is 0.337 e. The number of hydrogen-bond acceptors (Lipinski definition) is 5. The van der Waals surface area contributed by atoms with Crippen LogP contribution in [0.1, 0.15) is 42.2 Å². The Morgan fingerprint density at radius 2 is 2.09 bits per heavy atom. The van der Waals surface area contributed by atoms with Gasteiger partial charge in [0.05, 0.1) is 11.6 Å². The van der Waals surface area contributed by atoms with Crippen LogP contribution >= 0.6 is 11.9 Å². The molecule has 9 heteroatoms. The molecule has 1 aromatic carbocycles. The number of fused-ring (bicyclic) bond motifs is 1. The number of rotatable bonds is 8. The number of aromatic nitrogens is 2. The Morgan fingerprint density at radius 3 is 2.82 bits per heavy atom. The molecule has 1 aliphatic rings. The van der Waals surface area contributed by atoms with E-state index in [0.29, 0.717) is 30.0 Å². The molecule has 1 unspecified atom stereocenters. The zero-order valence-corrected chi connectivity index (χ0v) is 19.3. The Hall–Kier alpha value is -3.22. The Bertz CT molecular complexity index is 1190. The lowest BCUT2D eigenvalue weighted by atomic mass is 9.98. The molecule has 1 saturated heterocycles. The third-order valence-corrected chi connectivity index (χ3v) is 7.17. The van der Waals surface area contributed by atoms with Crippen LogP contribution in [0.15, 0.2) is 47.6 Å². The highest BCUT2D eigenvalue weighted by molar-refractivity contribution is 7.97. The maximum atomic E-state index is 13.4. The van der Waals surface area contributed by atoms with Gasteiger partial charge in [0, 0.05) is 47.8 Å². The van der Waals surface area contributed by atoms with E-state index in [1.165, 1.54) is 18.1 Å². The van der Waals surface area contributed by atoms with Gasteiger partial charge in [0.2, 0.25) is 5.91 Å². The molecule has 0 aliphatic carbocycles. The van der Waals surface area contributed by atoms with Crippen LogP contribution < -0.4 is 4.72 Å². The number of likely N-dealkylation sites (tertiary alicyclic amines) is 1. The largest absolute Gasteiger partial charge is 0.478 e. The van der Waals surface area contributed by atoms with Gasteiger partial charge in [0.1, 0.15) is 11.8 Å². The number of benzene rings is 1. The third kappa shape index (κ3) is 5.07. The summed E-state index contributed by atoms with van der Waals surface area (Å²) < 4.78 is 5.16. The monoisotopic (exact) mass is 465 g/mol. The number of aromatic amines is 1. The molecule has 33 heavy (non-hydrogen) atoms. The Labute approximate surface area is 196 Å². The lowest BCUT2D eigenvalue weighted by molar-refractivity contribution is -0.134. The van der Waals surface area contributed by atoms with Gasteiger partial charge in [-0.25, -0.2) is 9.52 Å². The van der Waals surface area contributed by atoms with Crippen molar-refractivity contribution >= 4 is 34.7 Å². The van der Waals surface area contributed by atoms with E-state index < -0.39 is 12.0 Å². The molecule has 4 rings (SSSR count). The summed E-state index contributed by atoms with van der Waals surface area (Å²) >= 11 is 1.28. The first-order valence-electron chi connectivity index (χ1n) is 11.1. The van der Waals surface area contributed by atoms with E-state index in [2.05, 4.69) is 22.7 Å². The highest BCUT2D eigenvalue weighted by Gasteiger charge is 2.28. The van der Waals surface area contributed by atoms with E-state index in [-0.39, 0.29) is 11.5 Å². The van der Waals surface area contributed by atoms with Gasteiger partial charge in [-0.2, -0.15) is 5.26 Å². The second kappa shape index (κ2) is 10.1. The maximum absolute atomic E-state index is 13.4. The number of piperidine rings is 1. The quantitative estimate of drug-likeness (QED) is 0.436. The van der Waals surface area contributed by atoms with Crippen molar-refractivity contribution in [2.75, 3.05) is 13.1 Å². The van der Waals surface area contributed by atoms with Gasteiger partial charge in [-0.15, -0.1) is 0 Å². The summed E-state index contributed by atoms with van der Waals surface area (Å²) in [5.74, 6) is -0.339. The first-order chi connectivity index (χ1) is 16.0. The van der Waals surface area contributed by atoms with Crippen LogP contribution in [0, 0.1) is 17.2 Å². The summed E-state index contributed by atoms with van der Waals surface area (Å²) in [6.45, 7) is 4.22. The Balaban J connectivity index is 1.54. The molecule has 0 spiro atoms. The molecule has 1 atom stereocenters. The number of nitrogens with zero attached hydrogens (tertiary/aromatic N) is 3. The average molecular weight is 466 g/mol. The van der Waals surface area contributed by atoms with Crippen molar-refractivity contribution in [2.45, 2.75) is 43.7 Å². The maximum Gasteiger partial charge on any atom is 0.337 e. The standard InChI is InChI=1S/C24H27N5O3S/c1-16-7-11-29(12-8-16)23(30)20(9-13-28-10-3-4-17(28)14-25)27-33-21-6-2-5-19-22(21)18(15-26-19)24(31)32/h2-6,10,15-16,20,26-27H,7-9,11-13H2,1H3,(H,31,32). The summed E-state index contributed by atoms with van der Waals surface area (Å²) in [6, 6.07) is 10.8. The van der Waals surface area contributed by atoms with Crippen LogP contribution in [0.25, 0.3) is 10.9 Å². The molecule has 3 aromatic rings. The van der Waals surface area contributed by atoms with Crippen molar-refractivity contribution in [1.82, 2.24) is 19.2 Å².